The predicted molar refractivity (Wildman–Crippen MR) is 85.4 cm³/mol. The maximum absolute atomic E-state index is 14.8. The van der Waals surface area contributed by atoms with E-state index in [1.165, 1.54) is 5.57 Å². The molecule has 1 aliphatic rings. The van der Waals surface area contributed by atoms with Crippen LogP contribution in [0.1, 0.15) is 45.7 Å². The Hall–Kier alpha value is -1.03. The van der Waals surface area contributed by atoms with Crippen LogP contribution >= 0.6 is 12.6 Å². The molecule has 0 aliphatic heterocycles. The number of halogens is 1. The van der Waals surface area contributed by atoms with Gasteiger partial charge in [0.2, 0.25) is 0 Å². The lowest BCUT2D eigenvalue weighted by Crippen LogP contribution is -2.18. The van der Waals surface area contributed by atoms with E-state index in [-0.39, 0.29) is 11.1 Å². The second-order valence-electron chi connectivity index (χ2n) is 5.54. The number of aromatic nitrogens is 2. The molecule has 1 aromatic heterocycles. The third kappa shape index (κ3) is 2.71. The fourth-order valence-corrected chi connectivity index (χ4v) is 3.57. The fourth-order valence-electron chi connectivity index (χ4n) is 3.18. The molecule has 0 aromatic carbocycles. The van der Waals surface area contributed by atoms with Crippen LogP contribution in [-0.4, -0.2) is 15.0 Å². The summed E-state index contributed by atoms with van der Waals surface area (Å²) in [5.74, 6) is 0.291. The summed E-state index contributed by atoms with van der Waals surface area (Å²) in [6.45, 7) is 6.14. The van der Waals surface area contributed by atoms with E-state index in [0.29, 0.717) is 5.92 Å². The first-order valence-corrected chi connectivity index (χ1v) is 7.74. The highest BCUT2D eigenvalue weighted by molar-refractivity contribution is 7.80. The molecule has 0 amide bonds. The van der Waals surface area contributed by atoms with Crippen molar-refractivity contribution in [3.8, 4) is 0 Å². The Morgan fingerprint density at radius 1 is 1.45 bits per heavy atom. The molecular weight excluding hydrogens is 271 g/mol. The molecule has 2 atom stereocenters. The Balaban J connectivity index is 2.44. The van der Waals surface area contributed by atoms with E-state index in [1.54, 1.807) is 10.9 Å². The van der Waals surface area contributed by atoms with E-state index in [2.05, 4.69) is 31.6 Å². The largest absolute Gasteiger partial charge is 0.268 e. The Bertz CT molecular complexity index is 555. The van der Waals surface area contributed by atoms with Crippen LogP contribution in [0.25, 0.3) is 5.57 Å². The molecular formula is C16H23FN2S. The van der Waals surface area contributed by atoms with Crippen molar-refractivity contribution in [2.75, 3.05) is 0 Å². The molecule has 0 bridgehead atoms. The van der Waals surface area contributed by atoms with Gasteiger partial charge in [0, 0.05) is 24.1 Å². The highest BCUT2D eigenvalue weighted by Gasteiger charge is 2.27. The maximum atomic E-state index is 14.8. The number of allylic oxidation sites excluding steroid dienone is 4. The highest BCUT2D eigenvalue weighted by Crippen LogP contribution is 2.41. The molecule has 0 radical (unpaired) electrons. The van der Waals surface area contributed by atoms with Gasteiger partial charge in [0.25, 0.3) is 0 Å². The van der Waals surface area contributed by atoms with E-state index in [1.807, 2.05) is 20.0 Å². The summed E-state index contributed by atoms with van der Waals surface area (Å²) in [6, 6.07) is 1.88. The topological polar surface area (TPSA) is 17.8 Å². The Morgan fingerprint density at radius 3 is 2.65 bits per heavy atom. The predicted octanol–water partition coefficient (Wildman–Crippen LogP) is 4.56. The molecule has 0 saturated heterocycles. The molecule has 2 unspecified atom stereocenters. The summed E-state index contributed by atoms with van der Waals surface area (Å²) in [5.41, 5.74) is 3.71. The molecule has 110 valence electrons. The van der Waals surface area contributed by atoms with Crippen molar-refractivity contribution in [1.29, 1.82) is 0 Å². The lowest BCUT2D eigenvalue weighted by Gasteiger charge is -2.28. The normalized spacial score (nSPS) is 19.5. The van der Waals surface area contributed by atoms with Crippen molar-refractivity contribution in [3.63, 3.8) is 0 Å². The third-order valence-corrected chi connectivity index (χ3v) is 4.68. The van der Waals surface area contributed by atoms with Crippen LogP contribution in [0.15, 0.2) is 29.2 Å². The van der Waals surface area contributed by atoms with E-state index in [9.17, 15) is 4.39 Å². The first-order chi connectivity index (χ1) is 9.47. The van der Waals surface area contributed by atoms with Crippen molar-refractivity contribution >= 4 is 18.2 Å². The zero-order valence-corrected chi connectivity index (χ0v) is 13.5. The molecule has 0 N–H and O–H groups in total. The second kappa shape index (κ2) is 6.17. The van der Waals surface area contributed by atoms with E-state index in [4.69, 9.17) is 0 Å². The molecule has 0 saturated carbocycles. The van der Waals surface area contributed by atoms with Crippen molar-refractivity contribution in [2.24, 2.45) is 13.0 Å². The lowest BCUT2D eigenvalue weighted by atomic mass is 9.81. The van der Waals surface area contributed by atoms with Crippen LogP contribution in [-0.2, 0) is 7.05 Å². The van der Waals surface area contributed by atoms with Gasteiger partial charge in [-0.25, -0.2) is 4.39 Å². The lowest BCUT2D eigenvalue weighted by molar-refractivity contribution is 0.540. The Morgan fingerprint density at radius 2 is 2.15 bits per heavy atom. The van der Waals surface area contributed by atoms with E-state index in [0.717, 1.165) is 36.1 Å². The minimum atomic E-state index is -0.0673. The zero-order chi connectivity index (χ0) is 14.9. The maximum Gasteiger partial charge on any atom is 0.131 e. The third-order valence-electron chi connectivity index (χ3n) is 4.32. The van der Waals surface area contributed by atoms with Gasteiger partial charge in [-0.2, -0.15) is 17.7 Å². The Labute approximate surface area is 126 Å². The van der Waals surface area contributed by atoms with Gasteiger partial charge >= 0.3 is 0 Å². The van der Waals surface area contributed by atoms with Gasteiger partial charge in [0.1, 0.15) is 5.83 Å². The van der Waals surface area contributed by atoms with Crippen LogP contribution in [0, 0.1) is 5.92 Å². The molecule has 0 spiro atoms. The number of hydrogen-bond donors (Lipinski definition) is 1. The summed E-state index contributed by atoms with van der Waals surface area (Å²) in [4.78, 5) is 0. The van der Waals surface area contributed by atoms with Gasteiger partial charge in [-0.05, 0) is 43.7 Å². The van der Waals surface area contributed by atoms with Gasteiger partial charge in [-0.1, -0.05) is 19.4 Å². The average molecular weight is 294 g/mol. The minimum absolute atomic E-state index is 0.0673. The smallest absolute Gasteiger partial charge is 0.131 e. The highest BCUT2D eigenvalue weighted by atomic mass is 32.1. The SMILES string of the molecule is CCC(C1=C(C)C(F)=C(c2ccnn2C)CC1)C(C)S. The molecule has 2 nitrogen and oxygen atoms in total. The number of thiol groups is 1. The van der Waals surface area contributed by atoms with E-state index < -0.39 is 0 Å². The van der Waals surface area contributed by atoms with Crippen molar-refractivity contribution in [1.82, 2.24) is 9.78 Å². The van der Waals surface area contributed by atoms with Crippen LogP contribution in [0.4, 0.5) is 4.39 Å². The van der Waals surface area contributed by atoms with Crippen LogP contribution in [0.3, 0.4) is 0 Å². The molecule has 1 aliphatic carbocycles. The first-order valence-electron chi connectivity index (χ1n) is 7.22. The minimum Gasteiger partial charge on any atom is -0.268 e. The van der Waals surface area contributed by atoms with Gasteiger partial charge in [-0.15, -0.1) is 0 Å². The van der Waals surface area contributed by atoms with Crippen LogP contribution in [0.2, 0.25) is 0 Å². The fraction of sp³-hybridized carbons (Fsp3) is 0.562. The summed E-state index contributed by atoms with van der Waals surface area (Å²) in [6.07, 6.45) is 4.39. The number of aryl methyl sites for hydroxylation is 1. The van der Waals surface area contributed by atoms with Crippen LogP contribution < -0.4 is 0 Å². The summed E-state index contributed by atoms with van der Waals surface area (Å²) in [5, 5.41) is 4.40. The summed E-state index contributed by atoms with van der Waals surface area (Å²) < 4.78 is 16.5. The molecule has 1 aromatic rings. The standard InChI is InChI=1S/C16H23FN2S/c1-5-12(11(3)20)13-6-7-14(16(17)10(13)2)15-8-9-18-19(15)4/h8-9,11-12,20H,5-7H2,1-4H3. The number of rotatable bonds is 4. The quantitative estimate of drug-likeness (QED) is 0.806. The number of hydrogen-bond acceptors (Lipinski definition) is 2. The molecule has 1 heterocycles. The molecule has 0 fully saturated rings. The second-order valence-corrected chi connectivity index (χ2v) is 6.35. The van der Waals surface area contributed by atoms with Crippen molar-refractivity contribution in [3.05, 3.63) is 34.9 Å². The van der Waals surface area contributed by atoms with Gasteiger partial charge < -0.3 is 0 Å². The molecule has 20 heavy (non-hydrogen) atoms. The zero-order valence-electron chi connectivity index (χ0n) is 12.7. The van der Waals surface area contributed by atoms with Crippen molar-refractivity contribution in [2.45, 2.75) is 45.3 Å². The molecule has 4 heteroatoms. The van der Waals surface area contributed by atoms with Gasteiger partial charge in [-0.3, -0.25) is 4.68 Å². The summed E-state index contributed by atoms with van der Waals surface area (Å²) >= 11 is 4.57. The summed E-state index contributed by atoms with van der Waals surface area (Å²) in [7, 11) is 1.86. The van der Waals surface area contributed by atoms with Crippen molar-refractivity contribution < 1.29 is 4.39 Å². The van der Waals surface area contributed by atoms with E-state index >= 15 is 0 Å². The first kappa shape index (κ1) is 15.4. The average Bonchev–Trinajstić information content (AvgIpc) is 2.81. The van der Waals surface area contributed by atoms with Gasteiger partial charge in [0.05, 0.1) is 5.69 Å². The Kier molecular flexibility index (Phi) is 4.74. The molecule has 2 rings (SSSR count). The monoisotopic (exact) mass is 294 g/mol. The van der Waals surface area contributed by atoms with Gasteiger partial charge in [0.15, 0.2) is 0 Å². The van der Waals surface area contributed by atoms with Crippen LogP contribution in [0.5, 0.6) is 0 Å². The number of nitrogens with zero attached hydrogens (tertiary/aromatic N) is 2.